The van der Waals surface area contributed by atoms with Crippen molar-refractivity contribution in [3.05, 3.63) is 41.5 Å². The highest BCUT2D eigenvalue weighted by atomic mass is 16.5. The molecule has 0 saturated heterocycles. The second-order valence-corrected chi connectivity index (χ2v) is 2.84. The smallest absolute Gasteiger partial charge is 0.338 e. The van der Waals surface area contributed by atoms with Crippen LogP contribution in [0.1, 0.15) is 22.8 Å². The zero-order valence-electron chi connectivity index (χ0n) is 8.47. The maximum Gasteiger partial charge on any atom is 0.338 e. The first kappa shape index (κ1) is 11.2. The molecule has 1 aromatic rings. The Morgan fingerprint density at radius 3 is 2.53 bits per heavy atom. The molecule has 0 aliphatic carbocycles. The summed E-state index contributed by atoms with van der Waals surface area (Å²) in [6.07, 6.45) is 3.78. The van der Waals surface area contributed by atoms with Gasteiger partial charge in [0.25, 0.3) is 0 Å². The molecule has 1 rings (SSSR count). The van der Waals surface area contributed by atoms with Crippen LogP contribution in [0.5, 0.6) is 0 Å². The molecule has 0 bridgehead atoms. The lowest BCUT2D eigenvalue weighted by Crippen LogP contribution is -2.03. The summed E-state index contributed by atoms with van der Waals surface area (Å²) in [5, 5.41) is 0. The van der Waals surface area contributed by atoms with Gasteiger partial charge in [0.2, 0.25) is 0 Å². The third kappa shape index (κ3) is 3.38. The van der Waals surface area contributed by atoms with E-state index in [0.29, 0.717) is 18.5 Å². The molecule has 3 heteroatoms. The second kappa shape index (κ2) is 5.75. The van der Waals surface area contributed by atoms with E-state index in [1.54, 1.807) is 37.3 Å². The summed E-state index contributed by atoms with van der Waals surface area (Å²) >= 11 is 0. The van der Waals surface area contributed by atoms with Crippen LogP contribution in [0.25, 0.3) is 6.08 Å². The normalized spacial score (nSPS) is 10.2. The Labute approximate surface area is 88.4 Å². The lowest BCUT2D eigenvalue weighted by Gasteiger charge is -2.01. The van der Waals surface area contributed by atoms with Crippen LogP contribution in [0.15, 0.2) is 30.3 Å². The van der Waals surface area contributed by atoms with E-state index in [0.717, 1.165) is 5.56 Å². The number of carbonyl (C=O) groups excluding carboxylic acids is 2. The molecular formula is C12H12O3. The fourth-order valence-electron chi connectivity index (χ4n) is 1.10. The number of carbonyl (C=O) groups is 2. The summed E-state index contributed by atoms with van der Waals surface area (Å²) in [5.41, 5.74) is 1.38. The monoisotopic (exact) mass is 204 g/mol. The van der Waals surface area contributed by atoms with Crippen molar-refractivity contribution in [3.8, 4) is 0 Å². The number of hydrogen-bond acceptors (Lipinski definition) is 3. The summed E-state index contributed by atoms with van der Waals surface area (Å²) in [6.45, 7) is 2.13. The molecule has 0 aliphatic rings. The SMILES string of the molecule is CCOC(=O)c1ccc(C=CC=O)cc1. The predicted molar refractivity (Wildman–Crippen MR) is 57.5 cm³/mol. The first-order valence-electron chi connectivity index (χ1n) is 4.67. The molecule has 0 saturated carbocycles. The van der Waals surface area contributed by atoms with E-state index in [1.807, 2.05) is 0 Å². The molecule has 0 aromatic heterocycles. The van der Waals surface area contributed by atoms with Crippen LogP contribution >= 0.6 is 0 Å². The first-order chi connectivity index (χ1) is 7.27. The van der Waals surface area contributed by atoms with Gasteiger partial charge in [0.15, 0.2) is 0 Å². The van der Waals surface area contributed by atoms with Crippen LogP contribution in [0, 0.1) is 0 Å². The fourth-order valence-corrected chi connectivity index (χ4v) is 1.10. The van der Waals surface area contributed by atoms with E-state index in [-0.39, 0.29) is 5.97 Å². The van der Waals surface area contributed by atoms with Crippen molar-refractivity contribution in [2.75, 3.05) is 6.61 Å². The molecule has 0 spiro atoms. The van der Waals surface area contributed by atoms with E-state index in [1.165, 1.54) is 6.08 Å². The van der Waals surface area contributed by atoms with Gasteiger partial charge in [0, 0.05) is 0 Å². The Bertz CT molecular complexity index is 363. The van der Waals surface area contributed by atoms with Crippen LogP contribution in [0.2, 0.25) is 0 Å². The van der Waals surface area contributed by atoms with Crippen LogP contribution in [-0.4, -0.2) is 18.9 Å². The molecule has 0 amide bonds. The van der Waals surface area contributed by atoms with Crippen LogP contribution < -0.4 is 0 Å². The van der Waals surface area contributed by atoms with Crippen molar-refractivity contribution in [2.45, 2.75) is 6.92 Å². The third-order valence-corrected chi connectivity index (χ3v) is 1.79. The van der Waals surface area contributed by atoms with E-state index in [4.69, 9.17) is 4.74 Å². The van der Waals surface area contributed by atoms with Crippen molar-refractivity contribution >= 4 is 18.3 Å². The molecule has 0 N–H and O–H groups in total. The van der Waals surface area contributed by atoms with Gasteiger partial charge in [0.1, 0.15) is 6.29 Å². The minimum atomic E-state index is -0.330. The minimum Gasteiger partial charge on any atom is -0.462 e. The highest BCUT2D eigenvalue weighted by Gasteiger charge is 2.04. The van der Waals surface area contributed by atoms with Gasteiger partial charge >= 0.3 is 5.97 Å². The standard InChI is InChI=1S/C12H12O3/c1-2-15-12(14)11-7-5-10(6-8-11)4-3-9-13/h3-9H,2H2,1H3. The van der Waals surface area contributed by atoms with Crippen molar-refractivity contribution in [1.29, 1.82) is 0 Å². The number of rotatable bonds is 4. The van der Waals surface area contributed by atoms with Crippen molar-refractivity contribution in [1.82, 2.24) is 0 Å². The molecule has 15 heavy (non-hydrogen) atoms. The quantitative estimate of drug-likeness (QED) is 0.428. The van der Waals surface area contributed by atoms with Gasteiger partial charge in [-0.3, -0.25) is 4.79 Å². The number of benzene rings is 1. The van der Waals surface area contributed by atoms with Gasteiger partial charge in [0.05, 0.1) is 12.2 Å². The van der Waals surface area contributed by atoms with Gasteiger partial charge < -0.3 is 4.74 Å². The number of allylic oxidation sites excluding steroid dienone is 1. The Hall–Kier alpha value is -1.90. The molecule has 0 radical (unpaired) electrons. The Balaban J connectivity index is 2.75. The second-order valence-electron chi connectivity index (χ2n) is 2.84. The van der Waals surface area contributed by atoms with E-state index in [2.05, 4.69) is 0 Å². The van der Waals surface area contributed by atoms with Crippen LogP contribution in [0.4, 0.5) is 0 Å². The summed E-state index contributed by atoms with van der Waals surface area (Å²) in [5.74, 6) is -0.330. The van der Waals surface area contributed by atoms with Crippen molar-refractivity contribution in [2.24, 2.45) is 0 Å². The molecule has 1 aromatic carbocycles. The predicted octanol–water partition coefficient (Wildman–Crippen LogP) is 2.08. The zero-order valence-corrected chi connectivity index (χ0v) is 8.47. The molecular weight excluding hydrogens is 192 g/mol. The number of aldehydes is 1. The van der Waals surface area contributed by atoms with Crippen LogP contribution in [0.3, 0.4) is 0 Å². The maximum atomic E-state index is 11.3. The number of hydrogen-bond donors (Lipinski definition) is 0. The van der Waals surface area contributed by atoms with Gasteiger partial charge in [-0.2, -0.15) is 0 Å². The highest BCUT2D eigenvalue weighted by Crippen LogP contribution is 2.07. The average molecular weight is 204 g/mol. The largest absolute Gasteiger partial charge is 0.462 e. The molecule has 3 nitrogen and oxygen atoms in total. The molecule has 0 heterocycles. The van der Waals surface area contributed by atoms with Gasteiger partial charge in [-0.15, -0.1) is 0 Å². The van der Waals surface area contributed by atoms with Gasteiger partial charge in [-0.25, -0.2) is 4.79 Å². The Morgan fingerprint density at radius 1 is 1.33 bits per heavy atom. The van der Waals surface area contributed by atoms with E-state index in [9.17, 15) is 9.59 Å². The topological polar surface area (TPSA) is 43.4 Å². The Morgan fingerprint density at radius 2 is 2.00 bits per heavy atom. The average Bonchev–Trinajstić information content (AvgIpc) is 2.27. The van der Waals surface area contributed by atoms with Crippen molar-refractivity contribution in [3.63, 3.8) is 0 Å². The summed E-state index contributed by atoms with van der Waals surface area (Å²) in [6, 6.07) is 6.85. The van der Waals surface area contributed by atoms with E-state index >= 15 is 0 Å². The first-order valence-corrected chi connectivity index (χ1v) is 4.67. The summed E-state index contributed by atoms with van der Waals surface area (Å²) < 4.78 is 4.84. The summed E-state index contributed by atoms with van der Waals surface area (Å²) in [4.78, 5) is 21.4. The van der Waals surface area contributed by atoms with Gasteiger partial charge in [-0.1, -0.05) is 18.2 Å². The molecule has 0 aliphatic heterocycles. The number of esters is 1. The zero-order chi connectivity index (χ0) is 11.1. The Kier molecular flexibility index (Phi) is 4.29. The van der Waals surface area contributed by atoms with Crippen LogP contribution in [-0.2, 0) is 9.53 Å². The maximum absolute atomic E-state index is 11.3. The molecule has 78 valence electrons. The van der Waals surface area contributed by atoms with Crippen molar-refractivity contribution < 1.29 is 14.3 Å². The molecule has 0 unspecified atom stereocenters. The third-order valence-electron chi connectivity index (χ3n) is 1.79. The lowest BCUT2D eigenvalue weighted by molar-refractivity contribution is -0.104. The fraction of sp³-hybridized carbons (Fsp3) is 0.167. The van der Waals surface area contributed by atoms with Gasteiger partial charge in [-0.05, 0) is 30.7 Å². The highest BCUT2D eigenvalue weighted by molar-refractivity contribution is 5.89. The van der Waals surface area contributed by atoms with E-state index < -0.39 is 0 Å². The lowest BCUT2D eigenvalue weighted by atomic mass is 10.1. The molecule has 0 atom stereocenters. The molecule has 0 fully saturated rings. The summed E-state index contributed by atoms with van der Waals surface area (Å²) in [7, 11) is 0. The minimum absolute atomic E-state index is 0.330. The number of ether oxygens (including phenoxy) is 1.